The fourth-order valence-corrected chi connectivity index (χ4v) is 4.93. The number of nitrogens with one attached hydrogen (secondary N) is 1. The van der Waals surface area contributed by atoms with E-state index >= 15 is 0 Å². The molecule has 1 aromatic rings. The number of benzene rings is 1. The predicted molar refractivity (Wildman–Crippen MR) is 117 cm³/mol. The molecule has 150 valence electrons. The molecule has 1 unspecified atom stereocenters. The van der Waals surface area contributed by atoms with E-state index in [2.05, 4.69) is 62.3 Å². The van der Waals surface area contributed by atoms with Crippen LogP contribution in [0.5, 0.6) is 0 Å². The van der Waals surface area contributed by atoms with Gasteiger partial charge in [-0.25, -0.2) is 0 Å². The van der Waals surface area contributed by atoms with E-state index in [-0.39, 0.29) is 0 Å². The maximum Gasteiger partial charge on any atom is 0.193 e. The molecule has 3 rings (SSSR count). The highest BCUT2D eigenvalue weighted by Crippen LogP contribution is 2.25. The molecule has 1 aromatic carbocycles. The molecule has 2 aliphatic heterocycles. The van der Waals surface area contributed by atoms with Crippen molar-refractivity contribution in [3.05, 3.63) is 30.3 Å². The molecule has 2 aliphatic rings. The Labute approximate surface area is 169 Å². The van der Waals surface area contributed by atoms with Crippen LogP contribution in [-0.2, 0) is 0 Å². The van der Waals surface area contributed by atoms with E-state index in [1.54, 1.807) is 0 Å². The Hall–Kier alpha value is -1.24. The lowest BCUT2D eigenvalue weighted by Gasteiger charge is -2.34. The smallest absolute Gasteiger partial charge is 0.193 e. The molecule has 2 saturated heterocycles. The van der Waals surface area contributed by atoms with E-state index in [9.17, 15) is 0 Å². The summed E-state index contributed by atoms with van der Waals surface area (Å²) in [5.41, 5.74) is 0. The second kappa shape index (κ2) is 10.9. The molecule has 5 nitrogen and oxygen atoms in total. The molecule has 6 heteroatoms. The van der Waals surface area contributed by atoms with Crippen LogP contribution in [0.4, 0.5) is 0 Å². The number of guanidine groups is 1. The number of aliphatic imine (C=N–C) groups is 1. The van der Waals surface area contributed by atoms with Crippen molar-refractivity contribution in [1.82, 2.24) is 20.0 Å². The zero-order chi connectivity index (χ0) is 18.9. The Kier molecular flexibility index (Phi) is 8.30. The van der Waals surface area contributed by atoms with Crippen LogP contribution in [0.3, 0.4) is 0 Å². The van der Waals surface area contributed by atoms with Crippen LogP contribution >= 0.6 is 11.8 Å². The van der Waals surface area contributed by atoms with Gasteiger partial charge in [0.15, 0.2) is 5.96 Å². The van der Waals surface area contributed by atoms with E-state index in [1.807, 2.05) is 18.8 Å². The largest absolute Gasteiger partial charge is 0.355 e. The van der Waals surface area contributed by atoms with Gasteiger partial charge in [-0.2, -0.15) is 0 Å². The summed E-state index contributed by atoms with van der Waals surface area (Å²) in [6, 6.07) is 10.7. The zero-order valence-electron chi connectivity index (χ0n) is 16.9. The highest BCUT2D eigenvalue weighted by atomic mass is 32.2. The van der Waals surface area contributed by atoms with Gasteiger partial charge in [-0.05, 0) is 31.0 Å². The van der Waals surface area contributed by atoms with Gasteiger partial charge in [-0.15, -0.1) is 11.8 Å². The third-order valence-electron chi connectivity index (χ3n) is 5.65. The Morgan fingerprint density at radius 3 is 2.56 bits per heavy atom. The number of piperazine rings is 1. The second-order valence-electron chi connectivity index (χ2n) is 7.47. The van der Waals surface area contributed by atoms with Crippen molar-refractivity contribution in [3.63, 3.8) is 0 Å². The summed E-state index contributed by atoms with van der Waals surface area (Å²) in [4.78, 5) is 13.4. The first-order valence-electron chi connectivity index (χ1n) is 10.4. The topological polar surface area (TPSA) is 34.1 Å². The molecule has 0 spiro atoms. The Morgan fingerprint density at radius 1 is 1.11 bits per heavy atom. The molecule has 0 amide bonds. The standard InChI is InChI=1S/C21H35N5S/c1-3-24-13-15-25(16-14-24)12-10-23-21(22-2)26-11-9-19(17-26)18-27-20-7-5-4-6-8-20/h4-8,19H,3,9-18H2,1-2H3,(H,22,23). The minimum atomic E-state index is 0.746. The van der Waals surface area contributed by atoms with Crippen molar-refractivity contribution in [2.45, 2.75) is 18.2 Å². The number of hydrogen-bond acceptors (Lipinski definition) is 4. The fraction of sp³-hybridized carbons (Fsp3) is 0.667. The minimum absolute atomic E-state index is 0.746. The number of rotatable bonds is 7. The van der Waals surface area contributed by atoms with Gasteiger partial charge in [0, 0.05) is 70.1 Å². The summed E-state index contributed by atoms with van der Waals surface area (Å²) < 4.78 is 0. The third-order valence-corrected chi connectivity index (χ3v) is 6.89. The van der Waals surface area contributed by atoms with Crippen LogP contribution in [0.15, 0.2) is 40.2 Å². The van der Waals surface area contributed by atoms with E-state index in [0.29, 0.717) is 0 Å². The van der Waals surface area contributed by atoms with Gasteiger partial charge in [0.25, 0.3) is 0 Å². The van der Waals surface area contributed by atoms with Crippen LogP contribution in [0.25, 0.3) is 0 Å². The van der Waals surface area contributed by atoms with E-state index < -0.39 is 0 Å². The van der Waals surface area contributed by atoms with Crippen LogP contribution in [-0.4, -0.2) is 92.4 Å². The SMILES string of the molecule is CCN1CCN(CCNC(=NC)N2CCC(CSc3ccccc3)C2)CC1. The number of thioether (sulfide) groups is 1. The predicted octanol–water partition coefficient (Wildman–Crippen LogP) is 2.31. The van der Waals surface area contributed by atoms with Crippen LogP contribution < -0.4 is 5.32 Å². The summed E-state index contributed by atoms with van der Waals surface area (Å²) >= 11 is 1.98. The number of hydrogen-bond donors (Lipinski definition) is 1. The van der Waals surface area contributed by atoms with Crippen LogP contribution in [0.1, 0.15) is 13.3 Å². The van der Waals surface area contributed by atoms with Crippen LogP contribution in [0, 0.1) is 5.92 Å². The number of nitrogens with zero attached hydrogens (tertiary/aromatic N) is 4. The Bertz CT molecular complexity index is 571. The summed E-state index contributed by atoms with van der Waals surface area (Å²) in [6.07, 6.45) is 1.26. The quantitative estimate of drug-likeness (QED) is 0.440. The highest BCUT2D eigenvalue weighted by Gasteiger charge is 2.25. The van der Waals surface area contributed by atoms with Crippen LogP contribution in [0.2, 0.25) is 0 Å². The van der Waals surface area contributed by atoms with Gasteiger partial charge in [0.1, 0.15) is 0 Å². The first-order chi connectivity index (χ1) is 13.3. The number of likely N-dealkylation sites (N-methyl/N-ethyl adjacent to an activating group) is 1. The first-order valence-corrected chi connectivity index (χ1v) is 11.3. The van der Waals surface area contributed by atoms with Crippen molar-refractivity contribution in [2.75, 3.05) is 71.7 Å². The van der Waals surface area contributed by atoms with Crippen molar-refractivity contribution in [3.8, 4) is 0 Å². The van der Waals surface area contributed by atoms with Crippen molar-refractivity contribution >= 4 is 17.7 Å². The lowest BCUT2D eigenvalue weighted by Crippen LogP contribution is -2.49. The minimum Gasteiger partial charge on any atom is -0.355 e. The molecule has 27 heavy (non-hydrogen) atoms. The van der Waals surface area contributed by atoms with Gasteiger partial charge in [-0.3, -0.25) is 9.89 Å². The molecular formula is C21H35N5S. The molecule has 0 aromatic heterocycles. The molecular weight excluding hydrogens is 354 g/mol. The molecule has 0 bridgehead atoms. The first kappa shape index (κ1) is 20.5. The lowest BCUT2D eigenvalue weighted by molar-refractivity contribution is 0.139. The fourth-order valence-electron chi connectivity index (χ4n) is 3.88. The maximum atomic E-state index is 4.53. The van der Waals surface area contributed by atoms with E-state index in [0.717, 1.165) is 38.1 Å². The Balaban J connectivity index is 1.35. The van der Waals surface area contributed by atoms with Gasteiger partial charge in [-0.1, -0.05) is 25.1 Å². The molecule has 2 heterocycles. The summed E-state index contributed by atoms with van der Waals surface area (Å²) in [6.45, 7) is 12.6. The molecule has 1 atom stereocenters. The maximum absolute atomic E-state index is 4.53. The van der Waals surface area contributed by atoms with E-state index in [4.69, 9.17) is 0 Å². The normalized spacial score (nSPS) is 22.4. The summed E-state index contributed by atoms with van der Waals surface area (Å²) in [7, 11) is 1.91. The average molecular weight is 390 g/mol. The second-order valence-corrected chi connectivity index (χ2v) is 8.57. The summed E-state index contributed by atoms with van der Waals surface area (Å²) in [5, 5.41) is 3.59. The zero-order valence-corrected chi connectivity index (χ0v) is 17.8. The molecule has 0 radical (unpaired) electrons. The Morgan fingerprint density at radius 2 is 1.85 bits per heavy atom. The number of likely N-dealkylation sites (tertiary alicyclic amines) is 1. The van der Waals surface area contributed by atoms with Gasteiger partial charge < -0.3 is 15.1 Å². The third kappa shape index (κ3) is 6.40. The summed E-state index contributed by atoms with van der Waals surface area (Å²) in [5.74, 6) is 3.02. The lowest BCUT2D eigenvalue weighted by atomic mass is 10.2. The average Bonchev–Trinajstić information content (AvgIpc) is 3.20. The monoisotopic (exact) mass is 389 g/mol. The van der Waals surface area contributed by atoms with Crippen molar-refractivity contribution in [2.24, 2.45) is 10.9 Å². The highest BCUT2D eigenvalue weighted by molar-refractivity contribution is 7.99. The van der Waals surface area contributed by atoms with Gasteiger partial charge >= 0.3 is 0 Å². The molecule has 1 N–H and O–H groups in total. The molecule has 0 saturated carbocycles. The van der Waals surface area contributed by atoms with Crippen molar-refractivity contribution < 1.29 is 0 Å². The molecule has 2 fully saturated rings. The van der Waals surface area contributed by atoms with Crippen molar-refractivity contribution in [1.29, 1.82) is 0 Å². The van der Waals surface area contributed by atoms with E-state index in [1.165, 1.54) is 49.8 Å². The molecule has 0 aliphatic carbocycles. The van der Waals surface area contributed by atoms with Gasteiger partial charge in [0.2, 0.25) is 0 Å². The van der Waals surface area contributed by atoms with Gasteiger partial charge in [0.05, 0.1) is 0 Å².